The number of amides is 2. The molecule has 2 unspecified atom stereocenters. The second-order valence-electron chi connectivity index (χ2n) is 7.16. The normalized spacial score (nSPS) is 28.9. The lowest BCUT2D eigenvalue weighted by atomic mass is 9.67. The fourth-order valence-electron chi connectivity index (χ4n) is 4.25. The Bertz CT molecular complexity index is 602. The van der Waals surface area contributed by atoms with E-state index in [1.165, 1.54) is 6.42 Å². The van der Waals surface area contributed by atoms with Gasteiger partial charge in [-0.1, -0.05) is 19.4 Å². The summed E-state index contributed by atoms with van der Waals surface area (Å²) in [6, 6.07) is 7.66. The van der Waals surface area contributed by atoms with Gasteiger partial charge in [-0.05, 0) is 55.7 Å². The highest BCUT2D eigenvalue weighted by Crippen LogP contribution is 2.39. The molecule has 2 atom stereocenters. The number of carbonyl (C=O) groups is 2. The highest BCUT2D eigenvalue weighted by molar-refractivity contribution is 5.97. The number of benzene rings is 1. The van der Waals surface area contributed by atoms with Crippen LogP contribution in [-0.2, 0) is 4.79 Å². The molecule has 2 fully saturated rings. The molecule has 0 spiro atoms. The van der Waals surface area contributed by atoms with Gasteiger partial charge in [-0.2, -0.15) is 0 Å². The second-order valence-corrected chi connectivity index (χ2v) is 7.16. The highest BCUT2D eigenvalue weighted by Gasteiger charge is 2.39. The molecule has 0 radical (unpaired) electrons. The van der Waals surface area contributed by atoms with Gasteiger partial charge < -0.3 is 16.4 Å². The standard InChI is InChI=1S/C19H27N3O2/c1-2-17(23)21-16-8-4-7-14(11-16)19(24)22-18-12-5-3-6-13(18)10-15(20)9-12/h4,7-8,11-13,15,18H,2-3,5-6,9-10,20H2,1H3,(H,21,23)(H,22,24). The van der Waals surface area contributed by atoms with E-state index in [1.807, 2.05) is 0 Å². The fraction of sp³-hybridized carbons (Fsp3) is 0.579. The molecule has 0 saturated heterocycles. The van der Waals surface area contributed by atoms with Crippen LogP contribution in [0.5, 0.6) is 0 Å². The molecule has 24 heavy (non-hydrogen) atoms. The monoisotopic (exact) mass is 329 g/mol. The summed E-state index contributed by atoms with van der Waals surface area (Å²) in [5.74, 6) is 0.891. The van der Waals surface area contributed by atoms with Gasteiger partial charge in [-0.25, -0.2) is 0 Å². The van der Waals surface area contributed by atoms with Crippen LogP contribution in [0.1, 0.15) is 55.8 Å². The third kappa shape index (κ3) is 3.78. The van der Waals surface area contributed by atoms with E-state index in [1.54, 1.807) is 31.2 Å². The minimum Gasteiger partial charge on any atom is -0.349 e. The third-order valence-electron chi connectivity index (χ3n) is 5.40. The zero-order chi connectivity index (χ0) is 17.1. The minimum absolute atomic E-state index is 0.0524. The van der Waals surface area contributed by atoms with E-state index in [0.29, 0.717) is 29.5 Å². The van der Waals surface area contributed by atoms with Crippen LogP contribution >= 0.6 is 0 Å². The van der Waals surface area contributed by atoms with Gasteiger partial charge in [0.25, 0.3) is 5.91 Å². The van der Waals surface area contributed by atoms with Gasteiger partial charge in [0.1, 0.15) is 0 Å². The van der Waals surface area contributed by atoms with Crippen LogP contribution in [0.4, 0.5) is 5.69 Å². The number of anilines is 1. The maximum atomic E-state index is 12.7. The summed E-state index contributed by atoms with van der Waals surface area (Å²) in [6.07, 6.45) is 5.99. The Kier molecular flexibility index (Phi) is 5.19. The second kappa shape index (κ2) is 7.34. The number of hydrogen-bond donors (Lipinski definition) is 3. The van der Waals surface area contributed by atoms with Gasteiger partial charge in [0.15, 0.2) is 0 Å². The fourth-order valence-corrected chi connectivity index (χ4v) is 4.25. The van der Waals surface area contributed by atoms with Crippen molar-refractivity contribution in [3.63, 3.8) is 0 Å². The summed E-state index contributed by atoms with van der Waals surface area (Å²) in [4.78, 5) is 24.2. The zero-order valence-corrected chi connectivity index (χ0v) is 14.3. The van der Waals surface area contributed by atoms with Crippen LogP contribution in [-0.4, -0.2) is 23.9 Å². The highest BCUT2D eigenvalue weighted by atomic mass is 16.2. The quantitative estimate of drug-likeness (QED) is 0.794. The first-order valence-electron chi connectivity index (χ1n) is 9.03. The van der Waals surface area contributed by atoms with Crippen LogP contribution in [0.15, 0.2) is 24.3 Å². The van der Waals surface area contributed by atoms with Crippen molar-refractivity contribution in [1.29, 1.82) is 0 Å². The average molecular weight is 329 g/mol. The van der Waals surface area contributed by atoms with Crippen LogP contribution in [0.2, 0.25) is 0 Å². The molecule has 130 valence electrons. The van der Waals surface area contributed by atoms with Crippen molar-refractivity contribution in [2.45, 2.75) is 57.5 Å². The molecule has 2 bridgehead atoms. The average Bonchev–Trinajstić information content (AvgIpc) is 2.55. The van der Waals surface area contributed by atoms with E-state index in [2.05, 4.69) is 10.6 Å². The number of nitrogens with one attached hydrogen (secondary N) is 2. The Balaban J connectivity index is 1.68. The van der Waals surface area contributed by atoms with Crippen molar-refractivity contribution in [3.05, 3.63) is 29.8 Å². The molecule has 2 saturated carbocycles. The zero-order valence-electron chi connectivity index (χ0n) is 14.3. The SMILES string of the molecule is CCC(=O)Nc1cccc(C(=O)NC2C3CCCC2CC(N)C3)c1. The molecule has 0 aliphatic heterocycles. The first-order valence-corrected chi connectivity index (χ1v) is 9.03. The van der Waals surface area contributed by atoms with Crippen molar-refractivity contribution < 1.29 is 9.59 Å². The maximum absolute atomic E-state index is 12.7. The van der Waals surface area contributed by atoms with Gasteiger partial charge in [0.05, 0.1) is 0 Å². The summed E-state index contributed by atoms with van der Waals surface area (Å²) >= 11 is 0. The molecule has 3 rings (SSSR count). The van der Waals surface area contributed by atoms with Crippen LogP contribution in [0.25, 0.3) is 0 Å². The summed E-state index contributed by atoms with van der Waals surface area (Å²) in [6.45, 7) is 1.80. The van der Waals surface area contributed by atoms with E-state index < -0.39 is 0 Å². The Hall–Kier alpha value is -1.88. The first kappa shape index (κ1) is 17.0. The number of rotatable bonds is 4. The summed E-state index contributed by atoms with van der Waals surface area (Å²) in [5, 5.41) is 6.05. The van der Waals surface area contributed by atoms with Crippen molar-refractivity contribution in [3.8, 4) is 0 Å². The minimum atomic E-state index is -0.0556. The van der Waals surface area contributed by atoms with E-state index in [0.717, 1.165) is 25.7 Å². The lowest BCUT2D eigenvalue weighted by Gasteiger charge is -2.45. The largest absolute Gasteiger partial charge is 0.349 e. The van der Waals surface area contributed by atoms with E-state index >= 15 is 0 Å². The summed E-state index contributed by atoms with van der Waals surface area (Å²) in [5.41, 5.74) is 7.42. The lowest BCUT2D eigenvalue weighted by Crippen LogP contribution is -2.53. The number of carbonyl (C=O) groups excluding carboxylic acids is 2. The summed E-state index contributed by atoms with van der Waals surface area (Å²) in [7, 11) is 0. The van der Waals surface area contributed by atoms with Crippen molar-refractivity contribution in [2.75, 3.05) is 5.32 Å². The van der Waals surface area contributed by atoms with E-state index in [-0.39, 0.29) is 23.9 Å². The molecule has 0 aromatic heterocycles. The Morgan fingerprint density at radius 2 is 1.92 bits per heavy atom. The molecule has 5 nitrogen and oxygen atoms in total. The maximum Gasteiger partial charge on any atom is 0.251 e. The summed E-state index contributed by atoms with van der Waals surface area (Å²) < 4.78 is 0. The lowest BCUT2D eigenvalue weighted by molar-refractivity contribution is -0.115. The Morgan fingerprint density at radius 1 is 1.21 bits per heavy atom. The van der Waals surface area contributed by atoms with Gasteiger partial charge in [0, 0.05) is 29.8 Å². The molecule has 5 heteroatoms. The van der Waals surface area contributed by atoms with Gasteiger partial charge in [0.2, 0.25) is 5.91 Å². The predicted octanol–water partition coefficient (Wildman–Crippen LogP) is 2.67. The van der Waals surface area contributed by atoms with Crippen molar-refractivity contribution in [1.82, 2.24) is 5.32 Å². The molecular weight excluding hydrogens is 302 g/mol. The molecule has 2 aliphatic rings. The van der Waals surface area contributed by atoms with Crippen LogP contribution < -0.4 is 16.4 Å². The van der Waals surface area contributed by atoms with Gasteiger partial charge in [-0.3, -0.25) is 9.59 Å². The number of nitrogens with two attached hydrogens (primary N) is 1. The number of fused-ring (bicyclic) bond motifs is 2. The third-order valence-corrected chi connectivity index (χ3v) is 5.40. The number of hydrogen-bond acceptors (Lipinski definition) is 3. The molecule has 4 N–H and O–H groups in total. The molecule has 1 aromatic carbocycles. The van der Waals surface area contributed by atoms with E-state index in [4.69, 9.17) is 5.73 Å². The first-order chi connectivity index (χ1) is 11.6. The molecular formula is C19H27N3O2. The topological polar surface area (TPSA) is 84.2 Å². The van der Waals surface area contributed by atoms with Gasteiger partial charge >= 0.3 is 0 Å². The predicted molar refractivity (Wildman–Crippen MR) is 94.7 cm³/mol. The van der Waals surface area contributed by atoms with E-state index in [9.17, 15) is 9.59 Å². The molecule has 0 heterocycles. The molecule has 2 aliphatic carbocycles. The van der Waals surface area contributed by atoms with Crippen molar-refractivity contribution in [2.24, 2.45) is 17.6 Å². The smallest absolute Gasteiger partial charge is 0.251 e. The van der Waals surface area contributed by atoms with Gasteiger partial charge in [-0.15, -0.1) is 0 Å². The van der Waals surface area contributed by atoms with Crippen LogP contribution in [0, 0.1) is 11.8 Å². The van der Waals surface area contributed by atoms with Crippen LogP contribution in [0.3, 0.4) is 0 Å². The molecule has 1 aromatic rings. The molecule has 2 amide bonds. The Morgan fingerprint density at radius 3 is 2.58 bits per heavy atom. The Labute approximate surface area is 143 Å². The van der Waals surface area contributed by atoms with Crippen molar-refractivity contribution >= 4 is 17.5 Å².